The van der Waals surface area contributed by atoms with Crippen molar-refractivity contribution in [3.05, 3.63) is 76.5 Å². The Morgan fingerprint density at radius 2 is 1.88 bits per heavy atom. The number of hydrogen-bond donors (Lipinski definition) is 3. The van der Waals surface area contributed by atoms with Crippen LogP contribution in [0.2, 0.25) is 0 Å². The van der Waals surface area contributed by atoms with Gasteiger partial charge in [0, 0.05) is 30.1 Å². The van der Waals surface area contributed by atoms with Crippen molar-refractivity contribution >= 4 is 29.3 Å². The molecule has 4 aliphatic rings. The number of aliphatic hydroxyl groups excluding tert-OH is 1. The van der Waals surface area contributed by atoms with Gasteiger partial charge in [0.2, 0.25) is 11.8 Å². The number of carbonyl (C=O) groups is 4. The van der Waals surface area contributed by atoms with Crippen LogP contribution in [-0.2, 0) is 31.0 Å². The third-order valence-corrected chi connectivity index (χ3v) is 10.4. The van der Waals surface area contributed by atoms with Crippen molar-refractivity contribution in [1.82, 2.24) is 15.2 Å². The van der Waals surface area contributed by atoms with E-state index in [1.165, 1.54) is 12.0 Å². The summed E-state index contributed by atoms with van der Waals surface area (Å²) in [6.07, 6.45) is -0.755. The molecule has 12 nitrogen and oxygen atoms in total. The molecule has 0 aliphatic carbocycles. The SMILES string of the molecule is COC(=O)[C@@H]1CCCN1C(=O)c1nc2oc1C13c4ccccc4N[C@H]1Oc1ccc(cc13)CC(CC(=O)[C@@H](O)C(C)C)C(=O)N[C@H]2C(C)C. The Balaban J connectivity index is 1.45. The number of rotatable bonds is 7. The molecule has 2 unspecified atom stereocenters. The first kappa shape index (κ1) is 32.8. The molecule has 0 radical (unpaired) electrons. The highest BCUT2D eigenvalue weighted by Crippen LogP contribution is 2.58. The van der Waals surface area contributed by atoms with Gasteiger partial charge in [-0.2, -0.15) is 0 Å². The average Bonchev–Trinajstić information content (AvgIpc) is 3.86. The second-order valence-corrected chi connectivity index (χ2v) is 14.2. The Bertz CT molecular complexity index is 1830. The first-order chi connectivity index (χ1) is 23.4. The molecule has 12 heteroatoms. The molecule has 7 rings (SSSR count). The maximum absolute atomic E-state index is 14.6. The molecule has 4 bridgehead atoms. The van der Waals surface area contributed by atoms with Crippen LogP contribution in [0.1, 0.15) is 91.8 Å². The summed E-state index contributed by atoms with van der Waals surface area (Å²) in [4.78, 5) is 61.1. The van der Waals surface area contributed by atoms with Crippen molar-refractivity contribution in [2.24, 2.45) is 17.8 Å². The van der Waals surface area contributed by atoms with Crippen molar-refractivity contribution < 1.29 is 38.2 Å². The molecule has 6 atom stereocenters. The zero-order chi connectivity index (χ0) is 34.8. The summed E-state index contributed by atoms with van der Waals surface area (Å²) in [5.41, 5.74) is 2.00. The van der Waals surface area contributed by atoms with Gasteiger partial charge >= 0.3 is 5.97 Å². The number of para-hydroxylation sites is 1. The predicted octanol–water partition coefficient (Wildman–Crippen LogP) is 3.89. The summed E-state index contributed by atoms with van der Waals surface area (Å²) in [5, 5.41) is 17.2. The first-order valence-electron chi connectivity index (χ1n) is 17.0. The van der Waals surface area contributed by atoms with E-state index in [1.807, 2.05) is 56.3 Å². The molecule has 1 spiro atoms. The van der Waals surface area contributed by atoms with Crippen molar-refractivity contribution in [3.8, 4) is 5.75 Å². The monoisotopic (exact) mass is 670 g/mol. The number of aliphatic hydroxyl groups is 1. The van der Waals surface area contributed by atoms with E-state index in [1.54, 1.807) is 13.8 Å². The van der Waals surface area contributed by atoms with Gasteiger partial charge in [0.25, 0.3) is 5.91 Å². The molecule has 1 saturated heterocycles. The van der Waals surface area contributed by atoms with Crippen LogP contribution in [0.5, 0.6) is 5.75 Å². The quantitative estimate of drug-likeness (QED) is 0.315. The minimum atomic E-state index is -1.20. The van der Waals surface area contributed by atoms with Crippen LogP contribution in [0.25, 0.3) is 0 Å². The molecule has 3 aromatic rings. The second kappa shape index (κ2) is 12.3. The maximum Gasteiger partial charge on any atom is 0.328 e. The number of anilines is 1. The molecule has 3 N–H and O–H groups in total. The molecule has 0 saturated carbocycles. The van der Waals surface area contributed by atoms with Gasteiger partial charge in [0.15, 0.2) is 23.5 Å². The number of ketones is 1. The number of hydrogen-bond acceptors (Lipinski definition) is 10. The highest BCUT2D eigenvalue weighted by molar-refractivity contribution is 5.98. The van der Waals surface area contributed by atoms with Crippen LogP contribution < -0.4 is 15.4 Å². The van der Waals surface area contributed by atoms with Gasteiger partial charge in [0.05, 0.1) is 7.11 Å². The summed E-state index contributed by atoms with van der Waals surface area (Å²) in [7, 11) is 1.31. The number of aromatic nitrogens is 1. The summed E-state index contributed by atoms with van der Waals surface area (Å²) in [6.45, 7) is 7.68. The van der Waals surface area contributed by atoms with E-state index >= 15 is 0 Å². The number of methoxy groups -OCH3 is 1. The van der Waals surface area contributed by atoms with Gasteiger partial charge in [-0.25, -0.2) is 9.78 Å². The number of nitrogens with zero attached hydrogens (tertiary/aromatic N) is 2. The lowest BCUT2D eigenvalue weighted by Crippen LogP contribution is -2.44. The number of Topliss-reactive ketones (excluding diaryl/α,β-unsaturated/α-hetero) is 1. The Labute approximate surface area is 284 Å². The second-order valence-electron chi connectivity index (χ2n) is 14.2. The van der Waals surface area contributed by atoms with Gasteiger partial charge in [-0.15, -0.1) is 0 Å². The number of esters is 1. The Hall–Kier alpha value is -4.71. The van der Waals surface area contributed by atoms with E-state index in [9.17, 15) is 24.3 Å². The van der Waals surface area contributed by atoms with Crippen molar-refractivity contribution in [1.29, 1.82) is 0 Å². The van der Waals surface area contributed by atoms with Gasteiger partial charge in [-0.3, -0.25) is 14.4 Å². The summed E-state index contributed by atoms with van der Waals surface area (Å²) >= 11 is 0. The number of oxazole rings is 1. The molecule has 2 amide bonds. The smallest absolute Gasteiger partial charge is 0.328 e. The molecule has 2 aromatic carbocycles. The van der Waals surface area contributed by atoms with Gasteiger partial charge < -0.3 is 34.5 Å². The number of likely N-dealkylation sites (tertiary alicyclic amines) is 1. The molecule has 4 aliphatic heterocycles. The lowest BCUT2D eigenvalue weighted by molar-refractivity contribution is -0.145. The minimum absolute atomic E-state index is 0.0297. The van der Waals surface area contributed by atoms with E-state index < -0.39 is 59.3 Å². The fraction of sp³-hybridized carbons (Fsp3) is 0.486. The number of amides is 2. The van der Waals surface area contributed by atoms with E-state index in [-0.39, 0.29) is 42.0 Å². The van der Waals surface area contributed by atoms with Crippen LogP contribution in [-0.4, -0.2) is 70.6 Å². The highest BCUT2D eigenvalue weighted by atomic mass is 16.5. The van der Waals surface area contributed by atoms with Gasteiger partial charge in [-0.05, 0) is 54.4 Å². The molecule has 5 heterocycles. The largest absolute Gasteiger partial charge is 0.469 e. The maximum atomic E-state index is 14.6. The number of ether oxygens (including phenoxy) is 2. The number of nitrogens with one attached hydrogen (secondary N) is 2. The highest BCUT2D eigenvalue weighted by Gasteiger charge is 2.61. The zero-order valence-corrected chi connectivity index (χ0v) is 28.3. The molecule has 1 fully saturated rings. The fourth-order valence-corrected chi connectivity index (χ4v) is 7.82. The molecular formula is C37H42N4O8. The fourth-order valence-electron chi connectivity index (χ4n) is 7.82. The third kappa shape index (κ3) is 5.19. The van der Waals surface area contributed by atoms with Gasteiger partial charge in [0.1, 0.15) is 29.4 Å². The van der Waals surface area contributed by atoms with Crippen LogP contribution in [0, 0.1) is 17.8 Å². The van der Waals surface area contributed by atoms with Crippen molar-refractivity contribution in [2.45, 2.75) is 83.2 Å². The van der Waals surface area contributed by atoms with Crippen molar-refractivity contribution in [2.75, 3.05) is 19.0 Å². The molecule has 258 valence electrons. The summed E-state index contributed by atoms with van der Waals surface area (Å²) in [5.74, 6) is -2.15. The predicted molar refractivity (Wildman–Crippen MR) is 177 cm³/mol. The number of fused-ring (bicyclic) bond motifs is 4. The lowest BCUT2D eigenvalue weighted by atomic mass is 9.72. The minimum Gasteiger partial charge on any atom is -0.469 e. The average molecular weight is 671 g/mol. The summed E-state index contributed by atoms with van der Waals surface area (Å²) < 4.78 is 18.4. The Morgan fingerprint density at radius 1 is 1.10 bits per heavy atom. The van der Waals surface area contributed by atoms with Crippen LogP contribution in [0.15, 0.2) is 46.9 Å². The topological polar surface area (TPSA) is 160 Å². The van der Waals surface area contributed by atoms with Crippen molar-refractivity contribution in [3.63, 3.8) is 0 Å². The van der Waals surface area contributed by atoms with E-state index in [0.717, 1.165) is 22.4 Å². The lowest BCUT2D eigenvalue weighted by Gasteiger charge is -2.29. The molecule has 49 heavy (non-hydrogen) atoms. The normalized spacial score (nSPS) is 25.8. The van der Waals surface area contributed by atoms with Crippen LogP contribution in [0.4, 0.5) is 5.69 Å². The van der Waals surface area contributed by atoms with Crippen LogP contribution in [0.3, 0.4) is 0 Å². The van der Waals surface area contributed by atoms with E-state index in [4.69, 9.17) is 18.9 Å². The Kier molecular flexibility index (Phi) is 8.25. The standard InChI is InChI=1S/C37H42N4O8/c1-18(2)28-33-40-29(34(45)41-14-8-11-25(41)35(46)47-5)31(49-33)37-22-9-6-7-10-24(22)38-36(37)48-27-13-12-20(16-23(27)37)15-21(32(44)39-28)17-26(42)30(43)19(3)4/h6-7,9-10,12-13,16,18-19,21,25,28,30,36,38,43H,8,11,14-15,17H2,1-5H3,(H,39,44)/t21?,25-,28-,30-,36-,37?/m0/s1. The molecule has 1 aromatic heterocycles. The van der Waals surface area contributed by atoms with E-state index in [2.05, 4.69) is 10.6 Å². The third-order valence-electron chi connectivity index (χ3n) is 10.4. The molecular weight excluding hydrogens is 628 g/mol. The van der Waals surface area contributed by atoms with Gasteiger partial charge in [-0.1, -0.05) is 58.0 Å². The summed E-state index contributed by atoms with van der Waals surface area (Å²) in [6, 6.07) is 11.9. The number of benzene rings is 2. The number of carbonyl (C=O) groups excluding carboxylic acids is 4. The first-order valence-corrected chi connectivity index (χ1v) is 17.0. The Morgan fingerprint density at radius 3 is 2.61 bits per heavy atom. The van der Waals surface area contributed by atoms with Crippen LogP contribution >= 0.6 is 0 Å². The van der Waals surface area contributed by atoms with E-state index in [0.29, 0.717) is 25.1 Å². The zero-order valence-electron chi connectivity index (χ0n) is 28.3.